The Balaban J connectivity index is 1.34. The lowest BCUT2D eigenvalue weighted by molar-refractivity contribution is -0.137. The van der Waals surface area contributed by atoms with E-state index < -0.39 is 0 Å². The van der Waals surface area contributed by atoms with Gasteiger partial charge in [0.05, 0.1) is 7.11 Å². The smallest absolute Gasteiger partial charge is 0.253 e. The maximum absolute atomic E-state index is 13.1. The lowest BCUT2D eigenvalue weighted by atomic mass is 9.94. The number of rotatable bonds is 6. The van der Waals surface area contributed by atoms with Crippen LogP contribution in [-0.2, 0) is 11.4 Å². The van der Waals surface area contributed by atoms with Crippen LogP contribution in [0.1, 0.15) is 48.0 Å². The second-order valence-electron chi connectivity index (χ2n) is 8.59. The zero-order chi connectivity index (χ0) is 22.3. The van der Waals surface area contributed by atoms with Crippen molar-refractivity contribution in [1.82, 2.24) is 9.80 Å². The zero-order valence-electron chi connectivity index (χ0n) is 18.8. The van der Waals surface area contributed by atoms with E-state index in [-0.39, 0.29) is 17.7 Å². The maximum atomic E-state index is 13.1. The third-order valence-corrected chi connectivity index (χ3v) is 6.45. The fourth-order valence-corrected chi connectivity index (χ4v) is 4.54. The number of carbonyl (C=O) groups excluding carboxylic acids is 2. The van der Waals surface area contributed by atoms with Gasteiger partial charge >= 0.3 is 0 Å². The summed E-state index contributed by atoms with van der Waals surface area (Å²) in [5.74, 6) is 1.45. The Bertz CT molecular complexity index is 917. The fraction of sp³-hybridized carbons (Fsp3) is 0.462. The molecule has 6 heteroatoms. The van der Waals surface area contributed by atoms with Crippen molar-refractivity contribution in [3.63, 3.8) is 0 Å². The first kappa shape index (κ1) is 22.2. The van der Waals surface area contributed by atoms with Gasteiger partial charge in [0, 0.05) is 37.7 Å². The molecule has 0 saturated carbocycles. The van der Waals surface area contributed by atoms with Crippen molar-refractivity contribution in [3.05, 3.63) is 59.7 Å². The van der Waals surface area contributed by atoms with Gasteiger partial charge in [-0.2, -0.15) is 0 Å². The molecular formula is C26H32N2O4. The Morgan fingerprint density at radius 1 is 0.875 bits per heavy atom. The van der Waals surface area contributed by atoms with Crippen LogP contribution in [0.15, 0.2) is 48.5 Å². The number of nitrogens with zero attached hydrogens (tertiary/aromatic N) is 2. The molecule has 2 aromatic carbocycles. The SMILES string of the molecule is COc1cc(C(=O)N2CCC(C(=O)N3CCCCC3)CC2)ccc1OCc1ccccc1. The van der Waals surface area contributed by atoms with Crippen molar-refractivity contribution in [2.45, 2.75) is 38.7 Å². The first-order chi connectivity index (χ1) is 15.7. The average molecular weight is 437 g/mol. The number of piperidine rings is 2. The molecule has 170 valence electrons. The maximum Gasteiger partial charge on any atom is 0.253 e. The van der Waals surface area contributed by atoms with E-state index in [1.807, 2.05) is 40.1 Å². The quantitative estimate of drug-likeness (QED) is 0.683. The molecule has 0 atom stereocenters. The van der Waals surface area contributed by atoms with Crippen molar-refractivity contribution in [3.8, 4) is 11.5 Å². The molecule has 0 N–H and O–H groups in total. The molecule has 2 amide bonds. The van der Waals surface area contributed by atoms with Crippen molar-refractivity contribution < 1.29 is 19.1 Å². The number of methoxy groups -OCH3 is 1. The number of hydrogen-bond acceptors (Lipinski definition) is 4. The van der Waals surface area contributed by atoms with E-state index in [0.29, 0.717) is 36.8 Å². The van der Waals surface area contributed by atoms with Crippen molar-refractivity contribution in [1.29, 1.82) is 0 Å². The van der Waals surface area contributed by atoms with E-state index in [1.54, 1.807) is 25.3 Å². The van der Waals surface area contributed by atoms with E-state index in [9.17, 15) is 9.59 Å². The molecule has 2 heterocycles. The summed E-state index contributed by atoms with van der Waals surface area (Å²) in [4.78, 5) is 29.7. The minimum absolute atomic E-state index is 0.0261. The molecule has 4 rings (SSSR count). The van der Waals surface area contributed by atoms with E-state index in [2.05, 4.69) is 0 Å². The summed E-state index contributed by atoms with van der Waals surface area (Å²) in [6.45, 7) is 3.42. The average Bonchev–Trinajstić information content (AvgIpc) is 2.87. The molecule has 0 aliphatic carbocycles. The number of benzene rings is 2. The van der Waals surface area contributed by atoms with E-state index >= 15 is 0 Å². The van der Waals surface area contributed by atoms with Crippen molar-refractivity contribution in [2.24, 2.45) is 5.92 Å². The lowest BCUT2D eigenvalue weighted by Crippen LogP contribution is -2.45. The topological polar surface area (TPSA) is 59.1 Å². The largest absolute Gasteiger partial charge is 0.493 e. The number of hydrogen-bond donors (Lipinski definition) is 0. The molecule has 2 aliphatic rings. The molecule has 0 unspecified atom stereocenters. The number of ether oxygens (including phenoxy) is 2. The van der Waals surface area contributed by atoms with Gasteiger partial charge in [0.1, 0.15) is 6.61 Å². The molecule has 0 bridgehead atoms. The van der Waals surface area contributed by atoms with Crippen LogP contribution in [-0.4, -0.2) is 54.9 Å². The van der Waals surface area contributed by atoms with Crippen LogP contribution in [0.25, 0.3) is 0 Å². The number of carbonyl (C=O) groups is 2. The summed E-state index contributed by atoms with van der Waals surface area (Å²) < 4.78 is 11.4. The van der Waals surface area contributed by atoms with Crippen LogP contribution in [0.3, 0.4) is 0 Å². The van der Waals surface area contributed by atoms with Crippen LogP contribution >= 0.6 is 0 Å². The second-order valence-corrected chi connectivity index (χ2v) is 8.59. The van der Waals surface area contributed by atoms with Gasteiger partial charge in [-0.25, -0.2) is 0 Å². The molecule has 2 saturated heterocycles. The monoisotopic (exact) mass is 436 g/mol. The summed E-state index contributed by atoms with van der Waals surface area (Å²) in [7, 11) is 1.58. The van der Waals surface area contributed by atoms with Gasteiger partial charge in [-0.05, 0) is 55.9 Å². The van der Waals surface area contributed by atoms with Gasteiger partial charge in [0.2, 0.25) is 5.91 Å². The molecule has 0 spiro atoms. The van der Waals surface area contributed by atoms with Gasteiger partial charge in [-0.1, -0.05) is 30.3 Å². The molecule has 32 heavy (non-hydrogen) atoms. The third-order valence-electron chi connectivity index (χ3n) is 6.45. The summed E-state index contributed by atoms with van der Waals surface area (Å²) in [6.07, 6.45) is 4.90. The Morgan fingerprint density at radius 3 is 2.28 bits per heavy atom. The highest BCUT2D eigenvalue weighted by molar-refractivity contribution is 5.95. The lowest BCUT2D eigenvalue weighted by Gasteiger charge is -2.35. The van der Waals surface area contributed by atoms with Gasteiger partial charge in [0.15, 0.2) is 11.5 Å². The fourth-order valence-electron chi connectivity index (χ4n) is 4.54. The van der Waals surface area contributed by atoms with E-state index in [1.165, 1.54) is 6.42 Å². The van der Waals surface area contributed by atoms with Crippen molar-refractivity contribution >= 4 is 11.8 Å². The predicted octanol–water partition coefficient (Wildman–Crippen LogP) is 4.14. The molecule has 0 radical (unpaired) electrons. The molecule has 2 aromatic rings. The van der Waals surface area contributed by atoms with Crippen LogP contribution in [0.5, 0.6) is 11.5 Å². The summed E-state index contributed by atoms with van der Waals surface area (Å²) in [5, 5.41) is 0. The summed E-state index contributed by atoms with van der Waals surface area (Å²) >= 11 is 0. The standard InChI is InChI=1S/C26H32N2O4/c1-31-24-18-22(10-11-23(24)32-19-20-8-4-2-5-9-20)26(30)28-16-12-21(13-17-28)25(29)27-14-6-3-7-15-27/h2,4-5,8-11,18,21H,3,6-7,12-17,19H2,1H3. The Morgan fingerprint density at radius 2 is 1.59 bits per heavy atom. The van der Waals surface area contributed by atoms with E-state index in [4.69, 9.17) is 9.47 Å². The van der Waals surface area contributed by atoms with Gasteiger partial charge in [-0.15, -0.1) is 0 Å². The first-order valence-corrected chi connectivity index (χ1v) is 11.6. The van der Waals surface area contributed by atoms with Gasteiger partial charge in [-0.3, -0.25) is 9.59 Å². The van der Waals surface area contributed by atoms with Gasteiger partial charge in [0.25, 0.3) is 5.91 Å². The second kappa shape index (κ2) is 10.5. The highest BCUT2D eigenvalue weighted by Crippen LogP contribution is 2.30. The first-order valence-electron chi connectivity index (χ1n) is 11.6. The zero-order valence-corrected chi connectivity index (χ0v) is 18.8. The van der Waals surface area contributed by atoms with Crippen LogP contribution in [0.4, 0.5) is 0 Å². The third kappa shape index (κ3) is 5.23. The summed E-state index contributed by atoms with van der Waals surface area (Å²) in [6, 6.07) is 15.2. The Kier molecular flexibility index (Phi) is 7.30. The minimum atomic E-state index is -0.0261. The number of amides is 2. The predicted molar refractivity (Wildman–Crippen MR) is 123 cm³/mol. The van der Waals surface area contributed by atoms with Gasteiger partial charge < -0.3 is 19.3 Å². The Hall–Kier alpha value is -3.02. The van der Waals surface area contributed by atoms with Crippen LogP contribution < -0.4 is 9.47 Å². The minimum Gasteiger partial charge on any atom is -0.493 e. The van der Waals surface area contributed by atoms with Crippen molar-refractivity contribution in [2.75, 3.05) is 33.3 Å². The summed E-state index contributed by atoms with van der Waals surface area (Å²) in [5.41, 5.74) is 1.64. The Labute approximate surface area is 190 Å². The number of likely N-dealkylation sites (tertiary alicyclic amines) is 2. The highest BCUT2D eigenvalue weighted by atomic mass is 16.5. The molecule has 2 aliphatic heterocycles. The van der Waals surface area contributed by atoms with Crippen LogP contribution in [0.2, 0.25) is 0 Å². The molecule has 0 aromatic heterocycles. The normalized spacial score (nSPS) is 17.2. The van der Waals surface area contributed by atoms with E-state index in [0.717, 1.165) is 44.3 Å². The van der Waals surface area contributed by atoms with Crippen LogP contribution in [0, 0.1) is 5.92 Å². The highest BCUT2D eigenvalue weighted by Gasteiger charge is 2.31. The molecule has 2 fully saturated rings. The molecular weight excluding hydrogens is 404 g/mol. The molecule has 6 nitrogen and oxygen atoms in total.